The van der Waals surface area contributed by atoms with Gasteiger partial charge in [-0.3, -0.25) is 14.9 Å². The molecule has 1 aliphatic heterocycles. The number of rotatable bonds is 4. The third kappa shape index (κ3) is 4.54. The molecule has 0 radical (unpaired) electrons. The minimum Gasteiger partial charge on any atom is -0.447 e. The van der Waals surface area contributed by atoms with Crippen LogP contribution in [-0.2, 0) is 9.53 Å². The van der Waals surface area contributed by atoms with Crippen LogP contribution >= 0.6 is 12.6 Å². The lowest BCUT2D eigenvalue weighted by Crippen LogP contribution is -2.51. The zero-order chi connectivity index (χ0) is 19.4. The van der Waals surface area contributed by atoms with Gasteiger partial charge in [-0.1, -0.05) is 12.6 Å². The summed E-state index contributed by atoms with van der Waals surface area (Å²) in [4.78, 5) is 38.3. The molecular formula is C17H21N3O5S. The van der Waals surface area contributed by atoms with Gasteiger partial charge in [0.05, 0.1) is 15.9 Å². The summed E-state index contributed by atoms with van der Waals surface area (Å²) in [6, 6.07) is 4.33. The topological polar surface area (TPSA) is 93.0 Å². The summed E-state index contributed by atoms with van der Waals surface area (Å²) in [5.41, 5.74) is 0.363. The first-order chi connectivity index (χ1) is 12.2. The van der Waals surface area contributed by atoms with Crippen molar-refractivity contribution in [2.75, 3.05) is 26.2 Å². The van der Waals surface area contributed by atoms with E-state index in [1.54, 1.807) is 29.7 Å². The van der Waals surface area contributed by atoms with E-state index in [-0.39, 0.29) is 28.2 Å². The van der Waals surface area contributed by atoms with Crippen molar-refractivity contribution in [2.45, 2.75) is 24.8 Å². The van der Waals surface area contributed by atoms with E-state index in [0.29, 0.717) is 31.7 Å². The van der Waals surface area contributed by atoms with Gasteiger partial charge in [0.25, 0.3) is 11.6 Å². The molecule has 1 heterocycles. The molecule has 0 aliphatic carbocycles. The van der Waals surface area contributed by atoms with E-state index in [9.17, 15) is 19.7 Å². The van der Waals surface area contributed by atoms with Crippen molar-refractivity contribution in [3.63, 3.8) is 0 Å². The number of thiol groups is 1. The minimum atomic E-state index is -0.553. The summed E-state index contributed by atoms with van der Waals surface area (Å²) in [7, 11) is 0. The first-order valence-electron chi connectivity index (χ1n) is 8.12. The molecule has 0 spiro atoms. The van der Waals surface area contributed by atoms with Crippen molar-refractivity contribution in [3.8, 4) is 0 Å². The molecule has 1 aromatic rings. The molecule has 8 nitrogen and oxygen atoms in total. The summed E-state index contributed by atoms with van der Waals surface area (Å²) in [5, 5.41) is 11.0. The number of amides is 2. The molecule has 140 valence electrons. The molecule has 0 saturated carbocycles. The van der Waals surface area contributed by atoms with Gasteiger partial charge in [0.1, 0.15) is 0 Å². The van der Waals surface area contributed by atoms with E-state index in [0.717, 1.165) is 0 Å². The SMILES string of the molecule is C=C(C(=O)N1CCN(C(=O)OC(C)C)CC1)c1ccc(S)c([N+](=O)[O-])c1. The van der Waals surface area contributed by atoms with Gasteiger partial charge < -0.3 is 14.5 Å². The van der Waals surface area contributed by atoms with Gasteiger partial charge in [-0.25, -0.2) is 4.79 Å². The highest BCUT2D eigenvalue weighted by atomic mass is 32.1. The number of benzene rings is 1. The highest BCUT2D eigenvalue weighted by molar-refractivity contribution is 7.80. The molecule has 2 amide bonds. The summed E-state index contributed by atoms with van der Waals surface area (Å²) >= 11 is 4.04. The van der Waals surface area contributed by atoms with Crippen LogP contribution < -0.4 is 0 Å². The van der Waals surface area contributed by atoms with E-state index in [1.165, 1.54) is 12.1 Å². The van der Waals surface area contributed by atoms with Crippen LogP contribution in [-0.4, -0.2) is 59.0 Å². The summed E-state index contributed by atoms with van der Waals surface area (Å²) in [6.45, 7) is 8.74. The molecule has 1 saturated heterocycles. The predicted molar refractivity (Wildman–Crippen MR) is 99.2 cm³/mol. The average Bonchev–Trinajstić information content (AvgIpc) is 2.60. The van der Waals surface area contributed by atoms with Crippen LogP contribution in [0.5, 0.6) is 0 Å². The Labute approximate surface area is 157 Å². The van der Waals surface area contributed by atoms with E-state index in [4.69, 9.17) is 4.74 Å². The Bertz CT molecular complexity index is 742. The van der Waals surface area contributed by atoms with Crippen LogP contribution in [0.25, 0.3) is 5.57 Å². The molecule has 1 fully saturated rings. The van der Waals surface area contributed by atoms with Gasteiger partial charge in [-0.05, 0) is 25.5 Å². The minimum absolute atomic E-state index is 0.166. The van der Waals surface area contributed by atoms with Crippen LogP contribution in [0, 0.1) is 10.1 Å². The van der Waals surface area contributed by atoms with Crippen LogP contribution in [0.1, 0.15) is 19.4 Å². The van der Waals surface area contributed by atoms with Crippen molar-refractivity contribution in [3.05, 3.63) is 40.5 Å². The number of hydrogen-bond acceptors (Lipinski definition) is 6. The third-order valence-electron chi connectivity index (χ3n) is 3.94. The molecule has 0 N–H and O–H groups in total. The highest BCUT2D eigenvalue weighted by Crippen LogP contribution is 2.27. The average molecular weight is 379 g/mol. The maximum absolute atomic E-state index is 12.6. The fraction of sp³-hybridized carbons (Fsp3) is 0.412. The summed E-state index contributed by atoms with van der Waals surface area (Å²) in [5.74, 6) is -0.317. The standard InChI is InChI=1S/C17H21N3O5S/c1-11(2)25-17(22)19-8-6-18(7-9-19)16(21)12(3)13-4-5-15(26)14(10-13)20(23)24/h4-5,10-11,26H,3,6-9H2,1-2H3. The number of ether oxygens (including phenoxy) is 1. The van der Waals surface area contributed by atoms with E-state index in [2.05, 4.69) is 19.2 Å². The molecule has 9 heteroatoms. The highest BCUT2D eigenvalue weighted by Gasteiger charge is 2.27. The number of carbonyl (C=O) groups excluding carboxylic acids is 2. The van der Waals surface area contributed by atoms with Crippen LogP contribution in [0.2, 0.25) is 0 Å². The molecule has 1 aliphatic rings. The Morgan fingerprint density at radius 1 is 1.23 bits per heavy atom. The van der Waals surface area contributed by atoms with Gasteiger partial charge >= 0.3 is 6.09 Å². The Kier molecular flexibility index (Phi) is 6.25. The number of nitrogens with zero attached hydrogens (tertiary/aromatic N) is 3. The second-order valence-corrected chi connectivity index (χ2v) is 6.63. The fourth-order valence-corrected chi connectivity index (χ4v) is 2.76. The van der Waals surface area contributed by atoms with Crippen LogP contribution in [0.3, 0.4) is 0 Å². The van der Waals surface area contributed by atoms with Crippen molar-refractivity contribution in [1.82, 2.24) is 9.80 Å². The number of nitro benzene ring substituents is 1. The lowest BCUT2D eigenvalue weighted by atomic mass is 10.1. The van der Waals surface area contributed by atoms with Gasteiger partial charge in [0, 0.05) is 37.8 Å². The van der Waals surface area contributed by atoms with Crippen LogP contribution in [0.4, 0.5) is 10.5 Å². The lowest BCUT2D eigenvalue weighted by molar-refractivity contribution is -0.387. The monoisotopic (exact) mass is 379 g/mol. The maximum Gasteiger partial charge on any atom is 0.410 e. The van der Waals surface area contributed by atoms with Crippen molar-refractivity contribution < 1.29 is 19.2 Å². The Morgan fingerprint density at radius 2 is 1.81 bits per heavy atom. The smallest absolute Gasteiger partial charge is 0.410 e. The predicted octanol–water partition coefficient (Wildman–Crippen LogP) is 2.59. The zero-order valence-corrected chi connectivity index (χ0v) is 15.6. The molecule has 0 aromatic heterocycles. The molecular weight excluding hydrogens is 358 g/mol. The number of piperazine rings is 1. The van der Waals surface area contributed by atoms with E-state index in [1.807, 2.05) is 0 Å². The first kappa shape index (κ1) is 19.8. The quantitative estimate of drug-likeness (QED) is 0.376. The Hall–Kier alpha value is -2.55. The van der Waals surface area contributed by atoms with E-state index >= 15 is 0 Å². The normalized spacial score (nSPS) is 14.3. The Balaban J connectivity index is 2.02. The van der Waals surface area contributed by atoms with E-state index < -0.39 is 11.0 Å². The first-order valence-corrected chi connectivity index (χ1v) is 8.57. The number of hydrogen-bond donors (Lipinski definition) is 1. The third-order valence-corrected chi connectivity index (χ3v) is 4.32. The molecule has 0 bridgehead atoms. The van der Waals surface area contributed by atoms with Gasteiger partial charge in [0.15, 0.2) is 0 Å². The summed E-state index contributed by atoms with van der Waals surface area (Å²) < 4.78 is 5.14. The van der Waals surface area contributed by atoms with Crippen molar-refractivity contribution in [2.24, 2.45) is 0 Å². The molecule has 0 atom stereocenters. The van der Waals surface area contributed by atoms with Gasteiger partial charge in [0.2, 0.25) is 0 Å². The maximum atomic E-state index is 12.6. The van der Waals surface area contributed by atoms with Crippen molar-refractivity contribution >= 4 is 35.9 Å². The molecule has 2 rings (SSSR count). The largest absolute Gasteiger partial charge is 0.447 e. The number of carbonyl (C=O) groups is 2. The lowest BCUT2D eigenvalue weighted by Gasteiger charge is -2.34. The van der Waals surface area contributed by atoms with Gasteiger partial charge in [-0.2, -0.15) is 0 Å². The fourth-order valence-electron chi connectivity index (χ4n) is 2.54. The number of nitro groups is 1. The van der Waals surface area contributed by atoms with Crippen LogP contribution in [0.15, 0.2) is 29.7 Å². The molecule has 26 heavy (non-hydrogen) atoms. The molecule has 1 aromatic carbocycles. The Morgan fingerprint density at radius 3 is 2.35 bits per heavy atom. The van der Waals surface area contributed by atoms with Gasteiger partial charge in [-0.15, -0.1) is 12.6 Å². The molecule has 0 unspecified atom stereocenters. The zero-order valence-electron chi connectivity index (χ0n) is 14.7. The summed E-state index contributed by atoms with van der Waals surface area (Å²) in [6.07, 6.45) is -0.599. The second-order valence-electron chi connectivity index (χ2n) is 6.15. The van der Waals surface area contributed by atoms with Crippen molar-refractivity contribution in [1.29, 1.82) is 0 Å². The second kappa shape index (κ2) is 8.22.